The van der Waals surface area contributed by atoms with Crippen LogP contribution in [0.2, 0.25) is 0 Å². The Morgan fingerprint density at radius 3 is 2.81 bits per heavy atom. The maximum absolute atomic E-state index is 12.3. The van der Waals surface area contributed by atoms with Crippen LogP contribution in [-0.2, 0) is 4.79 Å². The van der Waals surface area contributed by atoms with Crippen LogP contribution in [0.25, 0.3) is 0 Å². The maximum atomic E-state index is 12.3. The molecule has 0 saturated carbocycles. The highest BCUT2D eigenvalue weighted by Crippen LogP contribution is 2.26. The Bertz CT molecular complexity index is 730. The highest BCUT2D eigenvalue weighted by molar-refractivity contribution is 7.99. The van der Waals surface area contributed by atoms with Gasteiger partial charge in [0.25, 0.3) is 0 Å². The van der Waals surface area contributed by atoms with Crippen LogP contribution >= 0.6 is 11.8 Å². The Morgan fingerprint density at radius 2 is 2.12 bits per heavy atom. The van der Waals surface area contributed by atoms with E-state index < -0.39 is 0 Å². The van der Waals surface area contributed by atoms with Crippen LogP contribution < -0.4 is 15.4 Å². The van der Waals surface area contributed by atoms with Crippen LogP contribution in [0.5, 0.6) is 5.75 Å². The van der Waals surface area contributed by atoms with Gasteiger partial charge in [-0.05, 0) is 43.2 Å². The number of benzene rings is 2. The molecule has 2 N–H and O–H groups in total. The zero-order valence-electron chi connectivity index (χ0n) is 15.3. The predicted octanol–water partition coefficient (Wildman–Crippen LogP) is 4.17. The largest absolute Gasteiger partial charge is 0.486 e. The minimum Gasteiger partial charge on any atom is -0.486 e. The highest BCUT2D eigenvalue weighted by atomic mass is 32.2. The molecule has 2 atom stereocenters. The van der Waals surface area contributed by atoms with Gasteiger partial charge in [-0.2, -0.15) is 11.8 Å². The quantitative estimate of drug-likeness (QED) is 0.801. The lowest BCUT2D eigenvalue weighted by molar-refractivity contribution is -0.116. The van der Waals surface area contributed by atoms with Crippen molar-refractivity contribution < 1.29 is 9.53 Å². The molecule has 0 radical (unpaired) electrons. The molecular weight excluding hydrogens is 344 g/mol. The zero-order chi connectivity index (χ0) is 18.4. The van der Waals surface area contributed by atoms with E-state index in [1.807, 2.05) is 62.0 Å². The summed E-state index contributed by atoms with van der Waals surface area (Å²) in [4.78, 5) is 12.3. The molecule has 0 bridgehead atoms. The average molecular weight is 371 g/mol. The molecule has 1 aliphatic rings. The van der Waals surface area contributed by atoms with Gasteiger partial charge in [0.15, 0.2) is 0 Å². The normalized spacial score (nSPS) is 18.2. The summed E-state index contributed by atoms with van der Waals surface area (Å²) in [5.41, 5.74) is 2.99. The molecular formula is C21H26N2O2S. The van der Waals surface area contributed by atoms with Gasteiger partial charge in [-0.3, -0.25) is 4.79 Å². The van der Waals surface area contributed by atoms with E-state index in [4.69, 9.17) is 4.74 Å². The van der Waals surface area contributed by atoms with E-state index >= 15 is 0 Å². The first-order valence-electron chi connectivity index (χ1n) is 9.05. The molecule has 1 fully saturated rings. The van der Waals surface area contributed by atoms with E-state index in [9.17, 15) is 4.79 Å². The lowest BCUT2D eigenvalue weighted by atomic mass is 10.1. The Kier molecular flexibility index (Phi) is 6.58. The maximum Gasteiger partial charge on any atom is 0.225 e. The van der Waals surface area contributed by atoms with Crippen LogP contribution in [0.15, 0.2) is 48.5 Å². The molecule has 0 aliphatic carbocycles. The number of carbonyl (C=O) groups excluding carboxylic acids is 1. The van der Waals surface area contributed by atoms with Gasteiger partial charge < -0.3 is 15.4 Å². The van der Waals surface area contributed by atoms with E-state index in [2.05, 4.69) is 22.8 Å². The molecule has 26 heavy (non-hydrogen) atoms. The van der Waals surface area contributed by atoms with Gasteiger partial charge in [0.2, 0.25) is 5.91 Å². The summed E-state index contributed by atoms with van der Waals surface area (Å²) in [5, 5.41) is 6.42. The van der Waals surface area contributed by atoms with Crippen LogP contribution in [0, 0.1) is 6.92 Å². The molecule has 1 amide bonds. The molecule has 3 rings (SSSR count). The third-order valence-corrected chi connectivity index (χ3v) is 5.61. The molecule has 4 nitrogen and oxygen atoms in total. The number of ether oxygens (including phenoxy) is 1. The highest BCUT2D eigenvalue weighted by Gasteiger charge is 2.17. The van der Waals surface area contributed by atoms with Gasteiger partial charge in [0.05, 0.1) is 0 Å². The first kappa shape index (κ1) is 18.8. The Labute approximate surface area is 159 Å². The number of anilines is 1. The van der Waals surface area contributed by atoms with Crippen LogP contribution in [-0.4, -0.2) is 30.0 Å². The second-order valence-electron chi connectivity index (χ2n) is 6.63. The fraction of sp³-hybridized carbons (Fsp3) is 0.381. The second kappa shape index (κ2) is 9.10. The smallest absolute Gasteiger partial charge is 0.225 e. The topological polar surface area (TPSA) is 50.4 Å². The van der Waals surface area contributed by atoms with E-state index in [-0.39, 0.29) is 18.1 Å². The summed E-state index contributed by atoms with van der Waals surface area (Å²) in [6, 6.07) is 16.2. The standard InChI is InChI=1S/C21H26N2O2S/c1-15-12-19(25-16(2)17-6-4-3-5-7-17)8-9-20(15)23-21(24)13-18-14-26-11-10-22-18/h3-9,12,16,18,22H,10-11,13-14H2,1-2H3,(H,23,24). The second-order valence-corrected chi connectivity index (χ2v) is 7.78. The zero-order valence-corrected chi connectivity index (χ0v) is 16.1. The van der Waals surface area contributed by atoms with Crippen LogP contribution in [0.3, 0.4) is 0 Å². The fourth-order valence-electron chi connectivity index (χ4n) is 3.02. The van der Waals surface area contributed by atoms with Crippen molar-refractivity contribution in [3.63, 3.8) is 0 Å². The molecule has 1 saturated heterocycles. The lowest BCUT2D eigenvalue weighted by Crippen LogP contribution is -2.39. The van der Waals surface area contributed by atoms with Crippen molar-refractivity contribution >= 4 is 23.4 Å². The summed E-state index contributed by atoms with van der Waals surface area (Å²) in [7, 11) is 0. The Morgan fingerprint density at radius 1 is 1.31 bits per heavy atom. The summed E-state index contributed by atoms with van der Waals surface area (Å²) in [5.74, 6) is 2.98. The number of aryl methyl sites for hydroxylation is 1. The fourth-order valence-corrected chi connectivity index (χ4v) is 3.97. The Balaban J connectivity index is 1.57. The Hall–Kier alpha value is -1.98. The third kappa shape index (κ3) is 5.26. The minimum atomic E-state index is -0.0223. The number of hydrogen-bond acceptors (Lipinski definition) is 4. The number of thioether (sulfide) groups is 1. The summed E-state index contributed by atoms with van der Waals surface area (Å²) in [6.07, 6.45) is 0.487. The minimum absolute atomic E-state index is 0.0223. The van der Waals surface area contributed by atoms with Gasteiger partial charge in [-0.15, -0.1) is 0 Å². The van der Waals surface area contributed by atoms with Crippen molar-refractivity contribution in [1.29, 1.82) is 0 Å². The first-order chi connectivity index (χ1) is 12.6. The van der Waals surface area contributed by atoms with E-state index in [0.717, 1.165) is 40.6 Å². The van der Waals surface area contributed by atoms with Crippen molar-refractivity contribution in [2.45, 2.75) is 32.4 Å². The molecule has 1 aliphatic heterocycles. The lowest BCUT2D eigenvalue weighted by Gasteiger charge is -2.22. The summed E-state index contributed by atoms with van der Waals surface area (Å²) < 4.78 is 6.04. The summed E-state index contributed by atoms with van der Waals surface area (Å²) in [6.45, 7) is 5.01. The van der Waals surface area contributed by atoms with E-state index in [0.29, 0.717) is 6.42 Å². The molecule has 2 unspecified atom stereocenters. The predicted molar refractivity (Wildman–Crippen MR) is 109 cm³/mol. The van der Waals surface area contributed by atoms with Crippen molar-refractivity contribution in [3.05, 3.63) is 59.7 Å². The van der Waals surface area contributed by atoms with Gasteiger partial charge in [0.1, 0.15) is 11.9 Å². The van der Waals surface area contributed by atoms with E-state index in [1.165, 1.54) is 0 Å². The molecule has 5 heteroatoms. The first-order valence-corrected chi connectivity index (χ1v) is 10.2. The van der Waals surface area contributed by atoms with Gasteiger partial charge in [-0.25, -0.2) is 0 Å². The number of rotatable bonds is 6. The number of carbonyl (C=O) groups is 1. The van der Waals surface area contributed by atoms with Crippen LogP contribution in [0.1, 0.15) is 30.6 Å². The number of nitrogens with one attached hydrogen (secondary N) is 2. The SMILES string of the molecule is Cc1cc(OC(C)c2ccccc2)ccc1NC(=O)CC1CSCCN1. The summed E-state index contributed by atoms with van der Waals surface area (Å²) >= 11 is 1.90. The molecule has 0 aromatic heterocycles. The van der Waals surface area contributed by atoms with Gasteiger partial charge in [-0.1, -0.05) is 30.3 Å². The van der Waals surface area contributed by atoms with Crippen molar-refractivity contribution in [3.8, 4) is 5.75 Å². The van der Waals surface area contributed by atoms with Crippen LogP contribution in [0.4, 0.5) is 5.69 Å². The van der Waals surface area contributed by atoms with E-state index in [1.54, 1.807) is 0 Å². The molecule has 2 aromatic rings. The van der Waals surface area contributed by atoms with Crippen molar-refractivity contribution in [2.75, 3.05) is 23.4 Å². The average Bonchev–Trinajstić information content (AvgIpc) is 2.65. The van der Waals surface area contributed by atoms with Crippen molar-refractivity contribution in [2.24, 2.45) is 0 Å². The molecule has 0 spiro atoms. The molecule has 1 heterocycles. The number of hydrogen-bond donors (Lipinski definition) is 2. The number of amides is 1. The van der Waals surface area contributed by atoms with Gasteiger partial charge >= 0.3 is 0 Å². The van der Waals surface area contributed by atoms with Gasteiger partial charge in [0, 0.05) is 36.2 Å². The molecule has 138 valence electrons. The third-order valence-electron chi connectivity index (χ3n) is 4.48. The van der Waals surface area contributed by atoms with Crippen molar-refractivity contribution in [1.82, 2.24) is 5.32 Å². The molecule has 2 aromatic carbocycles. The monoisotopic (exact) mass is 370 g/mol.